The van der Waals surface area contributed by atoms with Crippen molar-refractivity contribution >= 4 is 11.7 Å². The molecule has 0 spiro atoms. The fraction of sp³-hybridized carbons (Fsp3) is 0.556. The van der Waals surface area contributed by atoms with E-state index in [9.17, 15) is 0 Å². The molecule has 0 unspecified atom stereocenters. The van der Waals surface area contributed by atoms with Gasteiger partial charge in [0, 0.05) is 12.1 Å². The Labute approximate surface area is 82.8 Å². The van der Waals surface area contributed by atoms with Crippen molar-refractivity contribution in [3.63, 3.8) is 0 Å². The Hall–Kier alpha value is -1.52. The lowest BCUT2D eigenvalue weighted by molar-refractivity contribution is 0.415. The third-order valence-corrected chi connectivity index (χ3v) is 2.37. The van der Waals surface area contributed by atoms with Gasteiger partial charge in [-0.25, -0.2) is 4.98 Å². The van der Waals surface area contributed by atoms with E-state index in [1.807, 2.05) is 0 Å². The van der Waals surface area contributed by atoms with Crippen molar-refractivity contribution in [1.82, 2.24) is 15.3 Å². The molecule has 0 atom stereocenters. The number of nitrogens with one attached hydrogen (secondary N) is 2. The summed E-state index contributed by atoms with van der Waals surface area (Å²) in [6.45, 7) is 5.12. The van der Waals surface area contributed by atoms with Gasteiger partial charge in [0.2, 0.25) is 0 Å². The highest BCUT2D eigenvalue weighted by atomic mass is 15.1. The van der Waals surface area contributed by atoms with Crippen molar-refractivity contribution in [2.24, 2.45) is 4.99 Å². The van der Waals surface area contributed by atoms with Gasteiger partial charge in [-0.2, -0.15) is 0 Å². The molecule has 0 aliphatic carbocycles. The van der Waals surface area contributed by atoms with Crippen molar-refractivity contribution < 1.29 is 0 Å². The molecule has 1 aromatic rings. The van der Waals surface area contributed by atoms with E-state index in [0.29, 0.717) is 5.82 Å². The molecule has 1 aliphatic rings. The number of nitrogen functional groups attached to an aromatic ring is 1. The van der Waals surface area contributed by atoms with E-state index in [4.69, 9.17) is 5.73 Å². The Bertz CT molecular complexity index is 363. The molecule has 5 heteroatoms. The van der Waals surface area contributed by atoms with Gasteiger partial charge in [0.1, 0.15) is 11.5 Å². The number of rotatable bonds is 1. The van der Waals surface area contributed by atoms with E-state index in [1.54, 1.807) is 6.33 Å². The largest absolute Gasteiger partial charge is 0.382 e. The predicted octanol–water partition coefficient (Wildman–Crippen LogP) is 0.510. The molecule has 76 valence electrons. The topological polar surface area (TPSA) is 79.1 Å². The second-order valence-corrected chi connectivity index (χ2v) is 4.15. The van der Waals surface area contributed by atoms with Gasteiger partial charge >= 0.3 is 0 Å². The molecule has 0 saturated heterocycles. The lowest BCUT2D eigenvalue weighted by Gasteiger charge is -2.31. The van der Waals surface area contributed by atoms with Gasteiger partial charge in [-0.3, -0.25) is 4.99 Å². The van der Waals surface area contributed by atoms with Crippen molar-refractivity contribution in [2.75, 3.05) is 12.3 Å². The van der Waals surface area contributed by atoms with Gasteiger partial charge in [0.05, 0.1) is 6.33 Å². The molecule has 0 aromatic carbocycles. The number of amidine groups is 1. The minimum atomic E-state index is 0.0780. The Morgan fingerprint density at radius 3 is 2.86 bits per heavy atom. The van der Waals surface area contributed by atoms with Gasteiger partial charge in [-0.05, 0) is 20.3 Å². The Morgan fingerprint density at radius 1 is 1.50 bits per heavy atom. The van der Waals surface area contributed by atoms with E-state index in [0.717, 1.165) is 24.5 Å². The Balaban J connectivity index is 2.28. The number of imidazole rings is 1. The minimum absolute atomic E-state index is 0.0780. The maximum atomic E-state index is 5.70. The highest BCUT2D eigenvalue weighted by Gasteiger charge is 2.24. The van der Waals surface area contributed by atoms with E-state index >= 15 is 0 Å². The summed E-state index contributed by atoms with van der Waals surface area (Å²) >= 11 is 0. The summed E-state index contributed by atoms with van der Waals surface area (Å²) in [5, 5.41) is 3.33. The zero-order valence-electron chi connectivity index (χ0n) is 8.46. The smallest absolute Gasteiger partial charge is 0.152 e. The zero-order chi connectivity index (χ0) is 10.2. The standard InChI is InChI=1S/C9H15N5/c1-9(2)3-4-11-8(14-9)6-7(10)13-5-12-6/h5H,3-4,10H2,1-2H3,(H,11,14)(H,12,13). The van der Waals surface area contributed by atoms with Crippen LogP contribution < -0.4 is 11.1 Å². The molecule has 0 saturated carbocycles. The summed E-state index contributed by atoms with van der Waals surface area (Å²) in [6, 6.07) is 0. The first-order valence-electron chi connectivity index (χ1n) is 4.70. The number of aromatic amines is 1. The van der Waals surface area contributed by atoms with E-state index in [1.165, 1.54) is 0 Å². The van der Waals surface area contributed by atoms with Crippen LogP contribution in [0.4, 0.5) is 5.82 Å². The van der Waals surface area contributed by atoms with Crippen molar-refractivity contribution in [3.8, 4) is 0 Å². The first-order valence-corrected chi connectivity index (χ1v) is 4.70. The number of nitrogens with two attached hydrogens (primary N) is 1. The lowest BCUT2D eigenvalue weighted by atomic mass is 9.99. The molecule has 0 radical (unpaired) electrons. The molecule has 4 N–H and O–H groups in total. The van der Waals surface area contributed by atoms with Crippen LogP contribution in [0.3, 0.4) is 0 Å². The van der Waals surface area contributed by atoms with Gasteiger partial charge in [0.25, 0.3) is 0 Å². The Morgan fingerprint density at radius 2 is 2.29 bits per heavy atom. The third kappa shape index (κ3) is 1.57. The number of anilines is 1. The van der Waals surface area contributed by atoms with E-state index in [-0.39, 0.29) is 5.54 Å². The first kappa shape index (κ1) is 9.05. The minimum Gasteiger partial charge on any atom is -0.382 e. The fourth-order valence-corrected chi connectivity index (χ4v) is 1.51. The summed E-state index contributed by atoms with van der Waals surface area (Å²) in [7, 11) is 0. The molecule has 0 bridgehead atoms. The van der Waals surface area contributed by atoms with Gasteiger partial charge in [-0.1, -0.05) is 0 Å². The predicted molar refractivity (Wildman–Crippen MR) is 56.2 cm³/mol. The normalized spacial score (nSPS) is 20.0. The summed E-state index contributed by atoms with van der Waals surface area (Å²) in [4.78, 5) is 11.3. The molecule has 2 heterocycles. The van der Waals surface area contributed by atoms with Crippen molar-refractivity contribution in [3.05, 3.63) is 12.0 Å². The number of aromatic nitrogens is 2. The van der Waals surface area contributed by atoms with Crippen LogP contribution in [0.25, 0.3) is 0 Å². The highest BCUT2D eigenvalue weighted by Crippen LogP contribution is 2.16. The molecule has 1 aliphatic heterocycles. The highest BCUT2D eigenvalue weighted by molar-refractivity contribution is 6.01. The number of aliphatic imine (C=N–C) groups is 1. The van der Waals surface area contributed by atoms with Crippen LogP contribution in [0, 0.1) is 0 Å². The van der Waals surface area contributed by atoms with Crippen molar-refractivity contribution in [1.29, 1.82) is 0 Å². The summed E-state index contributed by atoms with van der Waals surface area (Å²) in [5.74, 6) is 1.31. The average Bonchev–Trinajstić information content (AvgIpc) is 2.49. The van der Waals surface area contributed by atoms with Gasteiger partial charge in [0.15, 0.2) is 5.82 Å². The van der Waals surface area contributed by atoms with Crippen LogP contribution in [0.15, 0.2) is 11.3 Å². The molecule has 14 heavy (non-hydrogen) atoms. The quantitative estimate of drug-likeness (QED) is 0.608. The van der Waals surface area contributed by atoms with Crippen LogP contribution >= 0.6 is 0 Å². The Kier molecular flexibility index (Phi) is 1.94. The molecular weight excluding hydrogens is 178 g/mol. The maximum Gasteiger partial charge on any atom is 0.152 e. The van der Waals surface area contributed by atoms with Crippen LogP contribution in [0.1, 0.15) is 26.0 Å². The maximum absolute atomic E-state index is 5.70. The zero-order valence-corrected chi connectivity index (χ0v) is 8.46. The number of H-pyrrole nitrogens is 1. The van der Waals surface area contributed by atoms with Crippen molar-refractivity contribution in [2.45, 2.75) is 25.8 Å². The molecule has 5 nitrogen and oxygen atoms in total. The average molecular weight is 193 g/mol. The van der Waals surface area contributed by atoms with E-state index in [2.05, 4.69) is 34.1 Å². The number of hydrogen-bond donors (Lipinski definition) is 3. The lowest BCUT2D eigenvalue weighted by Crippen LogP contribution is -2.47. The third-order valence-electron chi connectivity index (χ3n) is 2.37. The summed E-state index contributed by atoms with van der Waals surface area (Å²) in [6.07, 6.45) is 2.61. The monoisotopic (exact) mass is 193 g/mol. The number of hydrogen-bond acceptors (Lipinski definition) is 4. The second kappa shape index (κ2) is 3.01. The van der Waals surface area contributed by atoms with Crippen LogP contribution in [0.5, 0.6) is 0 Å². The van der Waals surface area contributed by atoms with E-state index < -0.39 is 0 Å². The number of nitrogens with zero attached hydrogens (tertiary/aromatic N) is 2. The second-order valence-electron chi connectivity index (χ2n) is 4.15. The SMILES string of the molecule is CC1(C)CCN=C(c2[nH]cnc2N)N1. The molecule has 0 fully saturated rings. The summed E-state index contributed by atoms with van der Waals surface area (Å²) < 4.78 is 0. The van der Waals surface area contributed by atoms with Crippen LogP contribution in [-0.2, 0) is 0 Å². The summed E-state index contributed by atoms with van der Waals surface area (Å²) in [5.41, 5.74) is 6.56. The van der Waals surface area contributed by atoms with Gasteiger partial charge < -0.3 is 16.0 Å². The molecular formula is C9H15N5. The molecule has 0 amide bonds. The molecule has 1 aromatic heterocycles. The first-order chi connectivity index (χ1) is 6.58. The fourth-order valence-electron chi connectivity index (χ4n) is 1.51. The molecule has 2 rings (SSSR count). The van der Waals surface area contributed by atoms with Crippen LogP contribution in [0.2, 0.25) is 0 Å². The van der Waals surface area contributed by atoms with Gasteiger partial charge in [-0.15, -0.1) is 0 Å². The van der Waals surface area contributed by atoms with Crippen LogP contribution in [-0.4, -0.2) is 27.9 Å².